The van der Waals surface area contributed by atoms with E-state index in [9.17, 15) is 18.3 Å². The highest BCUT2D eigenvalue weighted by molar-refractivity contribution is 7.85. The molecular formula is C32H59N2O5S+. The first-order valence-electron chi connectivity index (χ1n) is 16.4. The number of likely N-dealkylation sites (N-methyl/N-ethyl adjacent to an activating group) is 1. The van der Waals surface area contributed by atoms with Crippen molar-refractivity contribution in [3.8, 4) is 0 Å². The molecule has 3 N–H and O–H groups in total. The van der Waals surface area contributed by atoms with Crippen LogP contribution in [0, 0.1) is 46.3 Å². The highest BCUT2D eigenvalue weighted by Crippen LogP contribution is 2.68. The Morgan fingerprint density at radius 1 is 1.00 bits per heavy atom. The predicted octanol–water partition coefficient (Wildman–Crippen LogP) is 5.28. The fraction of sp³-hybridized carbons (Fsp3) is 0.969. The van der Waals surface area contributed by atoms with E-state index in [1.54, 1.807) is 0 Å². The number of nitrogens with one attached hydrogen (secondary N) is 1. The van der Waals surface area contributed by atoms with Crippen LogP contribution in [0.5, 0.6) is 0 Å². The molecule has 4 aliphatic rings. The summed E-state index contributed by atoms with van der Waals surface area (Å²) in [5, 5.41) is 13.0. The molecule has 7 nitrogen and oxygen atoms in total. The number of aliphatic hydroxyl groups is 1. The maximum absolute atomic E-state index is 12.7. The Balaban J connectivity index is 1.20. The summed E-state index contributed by atoms with van der Waals surface area (Å²) in [6.07, 6.45) is 15.5. The van der Waals surface area contributed by atoms with Gasteiger partial charge in [-0.1, -0.05) is 33.6 Å². The summed E-state index contributed by atoms with van der Waals surface area (Å²) in [5.74, 6) is 4.50. The van der Waals surface area contributed by atoms with Crippen molar-refractivity contribution >= 4 is 16.0 Å². The third kappa shape index (κ3) is 7.26. The second-order valence-electron chi connectivity index (χ2n) is 15.6. The van der Waals surface area contributed by atoms with Gasteiger partial charge in [-0.3, -0.25) is 9.35 Å². The van der Waals surface area contributed by atoms with Gasteiger partial charge in [0, 0.05) is 19.4 Å². The van der Waals surface area contributed by atoms with Crippen LogP contribution < -0.4 is 5.32 Å². The molecule has 0 aromatic carbocycles. The first-order chi connectivity index (χ1) is 18.6. The van der Waals surface area contributed by atoms with Gasteiger partial charge >= 0.3 is 0 Å². The fourth-order valence-electron chi connectivity index (χ4n) is 10.6. The van der Waals surface area contributed by atoms with E-state index in [2.05, 4.69) is 26.1 Å². The summed E-state index contributed by atoms with van der Waals surface area (Å²) in [7, 11) is -0.357. The number of hydrogen-bond donors (Lipinski definition) is 3. The Morgan fingerprint density at radius 3 is 2.45 bits per heavy atom. The normalized spacial score (nSPS) is 37.6. The minimum absolute atomic E-state index is 0.121. The van der Waals surface area contributed by atoms with Crippen molar-refractivity contribution in [1.82, 2.24) is 5.32 Å². The molecule has 8 heteroatoms. The van der Waals surface area contributed by atoms with Crippen LogP contribution >= 0.6 is 0 Å². The van der Waals surface area contributed by atoms with Gasteiger partial charge < -0.3 is 14.9 Å². The van der Waals surface area contributed by atoms with Crippen molar-refractivity contribution in [2.45, 2.75) is 110 Å². The van der Waals surface area contributed by atoms with Crippen LogP contribution in [-0.2, 0) is 14.9 Å². The lowest BCUT2D eigenvalue weighted by atomic mass is 9.44. The average molecular weight is 584 g/mol. The van der Waals surface area contributed by atoms with Crippen molar-refractivity contribution in [2.24, 2.45) is 46.3 Å². The minimum Gasteiger partial charge on any atom is -0.386 e. The Labute approximate surface area is 244 Å². The quantitative estimate of drug-likeness (QED) is 0.165. The number of aliphatic hydroxyl groups excluding tert-OH is 1. The molecule has 4 rings (SSSR count). The monoisotopic (exact) mass is 583 g/mol. The summed E-state index contributed by atoms with van der Waals surface area (Å²) in [4.78, 5) is 12.7. The van der Waals surface area contributed by atoms with Gasteiger partial charge in [0.25, 0.3) is 10.1 Å². The zero-order chi connectivity index (χ0) is 29.3. The molecule has 232 valence electrons. The third-order valence-corrected chi connectivity index (χ3v) is 13.3. The topological polar surface area (TPSA) is 104 Å². The van der Waals surface area contributed by atoms with E-state index in [4.69, 9.17) is 4.55 Å². The summed E-state index contributed by atoms with van der Waals surface area (Å²) in [6, 6.07) is 0. The van der Waals surface area contributed by atoms with Gasteiger partial charge in [0.1, 0.15) is 18.4 Å². The molecule has 0 heterocycles. The second kappa shape index (κ2) is 12.5. The molecular weight excluding hydrogens is 524 g/mol. The van der Waals surface area contributed by atoms with Crippen LogP contribution in [0.4, 0.5) is 0 Å². The number of carbonyl (C=O) groups is 1. The number of amides is 1. The lowest BCUT2D eigenvalue weighted by Crippen LogP contribution is -2.53. The van der Waals surface area contributed by atoms with Crippen molar-refractivity contribution in [2.75, 3.05) is 39.5 Å². The molecule has 0 radical (unpaired) electrons. The lowest BCUT2D eigenvalue weighted by Gasteiger charge is -2.61. The number of fused-ring (bicyclic) bond motifs is 5. The average Bonchev–Trinajstić information content (AvgIpc) is 3.20. The van der Waals surface area contributed by atoms with E-state index in [0.717, 1.165) is 42.4 Å². The van der Waals surface area contributed by atoms with Crippen molar-refractivity contribution in [1.29, 1.82) is 0 Å². The highest BCUT2D eigenvalue weighted by atomic mass is 32.2. The third-order valence-electron chi connectivity index (χ3n) is 12.5. The Bertz CT molecular complexity index is 986. The molecule has 40 heavy (non-hydrogen) atoms. The second-order valence-corrected chi connectivity index (χ2v) is 17.1. The summed E-state index contributed by atoms with van der Waals surface area (Å²) in [5.41, 5.74) is 1.04. The van der Waals surface area contributed by atoms with E-state index in [1.807, 2.05) is 14.1 Å². The van der Waals surface area contributed by atoms with Crippen molar-refractivity contribution < 1.29 is 27.4 Å². The first kappa shape index (κ1) is 32.2. The van der Waals surface area contributed by atoms with E-state index < -0.39 is 22.0 Å². The maximum atomic E-state index is 12.7. The van der Waals surface area contributed by atoms with Gasteiger partial charge in [0.15, 0.2) is 0 Å². The molecule has 4 fully saturated rings. The molecule has 0 spiro atoms. The zero-order valence-corrected chi connectivity index (χ0v) is 26.9. The highest BCUT2D eigenvalue weighted by Gasteiger charge is 2.60. The van der Waals surface area contributed by atoms with Gasteiger partial charge in [-0.2, -0.15) is 8.42 Å². The molecule has 9 atom stereocenters. The van der Waals surface area contributed by atoms with E-state index in [-0.39, 0.29) is 12.5 Å². The molecule has 0 unspecified atom stereocenters. The van der Waals surface area contributed by atoms with Crippen LogP contribution in [0.3, 0.4) is 0 Å². The number of rotatable bonds is 12. The molecule has 4 aliphatic carbocycles. The van der Waals surface area contributed by atoms with Crippen LogP contribution in [0.1, 0.15) is 104 Å². The molecule has 0 saturated heterocycles. The molecule has 0 aliphatic heterocycles. The SMILES string of the molecule is C[C@H](CCC(=O)NCCC[N+](C)(C)C[C@H](O)CS(=O)(=O)O)[C@H]1CC[C@@H]2[C@@H]3CC[C@@H]4CCCC[C@]4(C)[C@H]3CC[C@@]21C. The smallest absolute Gasteiger partial charge is 0.267 e. The molecule has 0 aromatic heterocycles. The molecule has 0 aromatic rings. The summed E-state index contributed by atoms with van der Waals surface area (Å²) in [6.45, 7) is 9.18. The molecule has 4 saturated carbocycles. The number of quaternary nitrogens is 1. The lowest BCUT2D eigenvalue weighted by molar-refractivity contribution is -0.893. The largest absolute Gasteiger partial charge is 0.386 e. The number of carbonyl (C=O) groups excluding carboxylic acids is 1. The van der Waals surface area contributed by atoms with Crippen LogP contribution in [0.25, 0.3) is 0 Å². The van der Waals surface area contributed by atoms with Crippen LogP contribution in [-0.4, -0.2) is 74.1 Å². The Kier molecular flexibility index (Phi) is 10.1. The van der Waals surface area contributed by atoms with E-state index in [0.29, 0.717) is 40.7 Å². The maximum Gasteiger partial charge on any atom is 0.267 e. The van der Waals surface area contributed by atoms with Gasteiger partial charge in [0.05, 0.1) is 20.6 Å². The molecule has 1 amide bonds. The standard InChI is InChI=1S/C32H58N2O5S/c1-23(10-15-30(36)33-19-8-20-34(4,5)21-25(35)22-40(37,38)39)27-13-14-28-26-12-11-24-9-6-7-17-31(24,2)29(26)16-18-32(27,28)3/h23-29,35H,6-22H2,1-5H3,(H-,33,36,37,38,39)/p+1/t23-,24+,25+,26+,27-,28-,29+,31+,32-/m1/s1. The zero-order valence-electron chi connectivity index (χ0n) is 26.0. The summed E-state index contributed by atoms with van der Waals surface area (Å²) < 4.78 is 31.4. The number of hydrogen-bond acceptors (Lipinski definition) is 4. The summed E-state index contributed by atoms with van der Waals surface area (Å²) >= 11 is 0. The number of nitrogens with zero attached hydrogens (tertiary/aromatic N) is 1. The van der Waals surface area contributed by atoms with Crippen molar-refractivity contribution in [3.05, 3.63) is 0 Å². The van der Waals surface area contributed by atoms with Gasteiger partial charge in [-0.25, -0.2) is 0 Å². The first-order valence-corrected chi connectivity index (χ1v) is 18.0. The van der Waals surface area contributed by atoms with E-state index in [1.165, 1.54) is 64.2 Å². The Hall–Kier alpha value is -0.700. The molecule has 0 bridgehead atoms. The van der Waals surface area contributed by atoms with Gasteiger partial charge in [-0.15, -0.1) is 0 Å². The van der Waals surface area contributed by atoms with Gasteiger partial charge in [0.2, 0.25) is 5.91 Å². The van der Waals surface area contributed by atoms with Gasteiger partial charge in [-0.05, 0) is 104 Å². The Morgan fingerprint density at radius 2 is 1.73 bits per heavy atom. The predicted molar refractivity (Wildman–Crippen MR) is 160 cm³/mol. The van der Waals surface area contributed by atoms with E-state index >= 15 is 0 Å². The van der Waals surface area contributed by atoms with Crippen molar-refractivity contribution in [3.63, 3.8) is 0 Å². The van der Waals surface area contributed by atoms with Crippen LogP contribution in [0.2, 0.25) is 0 Å². The van der Waals surface area contributed by atoms with Crippen LogP contribution in [0.15, 0.2) is 0 Å². The minimum atomic E-state index is -4.19. The fourth-order valence-corrected chi connectivity index (χ4v) is 11.2.